The molecule has 0 fully saturated rings. The Bertz CT molecular complexity index is 705. The zero-order chi connectivity index (χ0) is 16.4. The number of rotatable bonds is 2. The standard InChI is InChI=1S/C15H13F4N3O/c16-9-3-4-12-10(8-9)11(2-1-7-23-12)21-14-20-6-5-13(22-14)15(17,18)19/h3-6,8,11H,1-2,7H2,(H,20,21,22)/t11-/m1/s1. The zero-order valence-electron chi connectivity index (χ0n) is 11.9. The van der Waals surface area contributed by atoms with Crippen molar-refractivity contribution in [1.29, 1.82) is 0 Å². The molecular weight excluding hydrogens is 314 g/mol. The van der Waals surface area contributed by atoms with Crippen molar-refractivity contribution in [2.75, 3.05) is 11.9 Å². The summed E-state index contributed by atoms with van der Waals surface area (Å²) in [6.45, 7) is 0.459. The van der Waals surface area contributed by atoms with Crippen LogP contribution in [-0.4, -0.2) is 16.6 Å². The van der Waals surface area contributed by atoms with Gasteiger partial charge in [-0.3, -0.25) is 0 Å². The van der Waals surface area contributed by atoms with Gasteiger partial charge in [0.15, 0.2) is 0 Å². The van der Waals surface area contributed by atoms with Crippen molar-refractivity contribution >= 4 is 5.95 Å². The molecule has 23 heavy (non-hydrogen) atoms. The van der Waals surface area contributed by atoms with Gasteiger partial charge < -0.3 is 10.1 Å². The summed E-state index contributed by atoms with van der Waals surface area (Å²) in [6, 6.07) is 4.48. The van der Waals surface area contributed by atoms with Crippen LogP contribution in [0.2, 0.25) is 0 Å². The van der Waals surface area contributed by atoms with Gasteiger partial charge in [0.05, 0.1) is 12.6 Å². The number of benzene rings is 1. The van der Waals surface area contributed by atoms with Gasteiger partial charge in [0.25, 0.3) is 0 Å². The minimum Gasteiger partial charge on any atom is -0.493 e. The zero-order valence-corrected chi connectivity index (χ0v) is 11.9. The van der Waals surface area contributed by atoms with Gasteiger partial charge >= 0.3 is 6.18 Å². The van der Waals surface area contributed by atoms with Crippen LogP contribution in [0.25, 0.3) is 0 Å². The average molecular weight is 327 g/mol. The van der Waals surface area contributed by atoms with Crippen molar-refractivity contribution < 1.29 is 22.3 Å². The summed E-state index contributed by atoms with van der Waals surface area (Å²) in [4.78, 5) is 7.30. The molecule has 1 atom stereocenters. The molecular formula is C15H13F4N3O. The first-order valence-corrected chi connectivity index (χ1v) is 7.02. The van der Waals surface area contributed by atoms with Gasteiger partial charge in [0, 0.05) is 11.8 Å². The fourth-order valence-electron chi connectivity index (χ4n) is 2.44. The third kappa shape index (κ3) is 3.52. The summed E-state index contributed by atoms with van der Waals surface area (Å²) in [7, 11) is 0. The Balaban J connectivity index is 1.90. The normalized spacial score (nSPS) is 17.8. The summed E-state index contributed by atoms with van der Waals surface area (Å²) in [5.74, 6) is -0.0821. The number of alkyl halides is 3. The fourth-order valence-corrected chi connectivity index (χ4v) is 2.44. The molecule has 2 heterocycles. The van der Waals surface area contributed by atoms with Crippen molar-refractivity contribution in [2.45, 2.75) is 25.1 Å². The third-order valence-electron chi connectivity index (χ3n) is 3.49. The number of anilines is 1. The van der Waals surface area contributed by atoms with Gasteiger partial charge in [-0.2, -0.15) is 13.2 Å². The van der Waals surface area contributed by atoms with E-state index in [2.05, 4.69) is 15.3 Å². The van der Waals surface area contributed by atoms with E-state index in [4.69, 9.17) is 4.74 Å². The first kappa shape index (κ1) is 15.5. The Morgan fingerprint density at radius 2 is 2.04 bits per heavy atom. The maximum atomic E-state index is 13.5. The topological polar surface area (TPSA) is 47.0 Å². The molecule has 4 nitrogen and oxygen atoms in total. The monoisotopic (exact) mass is 327 g/mol. The Labute approximate surface area is 129 Å². The van der Waals surface area contributed by atoms with Crippen LogP contribution in [0.5, 0.6) is 5.75 Å². The van der Waals surface area contributed by atoms with E-state index < -0.39 is 23.7 Å². The number of nitrogens with one attached hydrogen (secondary N) is 1. The fraction of sp³-hybridized carbons (Fsp3) is 0.333. The van der Waals surface area contributed by atoms with Crippen molar-refractivity contribution in [3.63, 3.8) is 0 Å². The molecule has 0 saturated carbocycles. The van der Waals surface area contributed by atoms with Gasteiger partial charge in [-0.15, -0.1) is 0 Å². The molecule has 1 aromatic heterocycles. The van der Waals surface area contributed by atoms with Gasteiger partial charge in [-0.25, -0.2) is 14.4 Å². The molecule has 0 unspecified atom stereocenters. The Morgan fingerprint density at radius 1 is 1.22 bits per heavy atom. The van der Waals surface area contributed by atoms with E-state index in [0.29, 0.717) is 30.8 Å². The van der Waals surface area contributed by atoms with Gasteiger partial charge in [0.2, 0.25) is 5.95 Å². The minimum absolute atomic E-state index is 0.151. The number of hydrogen-bond donors (Lipinski definition) is 1. The predicted octanol–water partition coefficient (Wildman–Crippen LogP) is 3.96. The van der Waals surface area contributed by atoms with Crippen LogP contribution in [0.15, 0.2) is 30.5 Å². The smallest absolute Gasteiger partial charge is 0.433 e. The molecule has 0 bridgehead atoms. The van der Waals surface area contributed by atoms with Crippen LogP contribution < -0.4 is 10.1 Å². The number of halogens is 4. The van der Waals surface area contributed by atoms with Crippen LogP contribution >= 0.6 is 0 Å². The van der Waals surface area contributed by atoms with Crippen molar-refractivity contribution in [3.8, 4) is 5.75 Å². The van der Waals surface area contributed by atoms with E-state index >= 15 is 0 Å². The minimum atomic E-state index is -4.55. The summed E-state index contributed by atoms with van der Waals surface area (Å²) in [5, 5.41) is 2.85. The predicted molar refractivity (Wildman–Crippen MR) is 74.5 cm³/mol. The van der Waals surface area contributed by atoms with Crippen molar-refractivity contribution in [3.05, 3.63) is 47.5 Å². The Hall–Kier alpha value is -2.38. The van der Waals surface area contributed by atoms with Gasteiger partial charge in [-0.1, -0.05) is 0 Å². The van der Waals surface area contributed by atoms with E-state index in [-0.39, 0.29) is 5.95 Å². The summed E-state index contributed by atoms with van der Waals surface area (Å²) >= 11 is 0. The molecule has 0 spiro atoms. The highest BCUT2D eigenvalue weighted by Gasteiger charge is 2.33. The quantitative estimate of drug-likeness (QED) is 0.848. The summed E-state index contributed by atoms with van der Waals surface area (Å²) in [5.41, 5.74) is -0.483. The largest absolute Gasteiger partial charge is 0.493 e. The van der Waals surface area contributed by atoms with Gasteiger partial charge in [-0.05, 0) is 37.1 Å². The Morgan fingerprint density at radius 3 is 2.83 bits per heavy atom. The highest BCUT2D eigenvalue weighted by Crippen LogP contribution is 2.34. The number of hydrogen-bond acceptors (Lipinski definition) is 4. The van der Waals surface area contributed by atoms with E-state index in [1.165, 1.54) is 18.2 Å². The summed E-state index contributed by atoms with van der Waals surface area (Å²) < 4.78 is 57.2. The van der Waals surface area contributed by atoms with Crippen LogP contribution in [0.4, 0.5) is 23.5 Å². The SMILES string of the molecule is Fc1ccc2c(c1)[C@H](Nc1nccc(C(F)(F)F)n1)CCCO2. The van der Waals surface area contributed by atoms with E-state index in [1.807, 2.05) is 0 Å². The molecule has 2 aromatic rings. The summed E-state index contributed by atoms with van der Waals surface area (Å²) in [6.07, 6.45) is -2.27. The molecule has 0 radical (unpaired) electrons. The number of fused-ring (bicyclic) bond motifs is 1. The number of nitrogens with zero attached hydrogens (tertiary/aromatic N) is 2. The van der Waals surface area contributed by atoms with E-state index in [9.17, 15) is 17.6 Å². The molecule has 8 heteroatoms. The number of ether oxygens (including phenoxy) is 1. The molecule has 0 aliphatic carbocycles. The van der Waals surface area contributed by atoms with Gasteiger partial charge in [0.1, 0.15) is 17.3 Å². The highest BCUT2D eigenvalue weighted by atomic mass is 19.4. The van der Waals surface area contributed by atoms with E-state index in [1.54, 1.807) is 0 Å². The molecule has 1 aliphatic heterocycles. The maximum Gasteiger partial charge on any atom is 0.433 e. The molecule has 1 N–H and O–H groups in total. The van der Waals surface area contributed by atoms with Crippen LogP contribution in [0.1, 0.15) is 30.1 Å². The molecule has 0 amide bonds. The highest BCUT2D eigenvalue weighted by molar-refractivity contribution is 5.42. The molecule has 122 valence electrons. The lowest BCUT2D eigenvalue weighted by Crippen LogP contribution is -2.15. The lowest BCUT2D eigenvalue weighted by atomic mass is 10.0. The van der Waals surface area contributed by atoms with Crippen molar-refractivity contribution in [1.82, 2.24) is 9.97 Å². The Kier molecular flexibility index (Phi) is 4.06. The maximum absolute atomic E-state index is 13.5. The lowest BCUT2D eigenvalue weighted by Gasteiger charge is -2.19. The van der Waals surface area contributed by atoms with Crippen LogP contribution in [0, 0.1) is 5.82 Å². The molecule has 0 saturated heterocycles. The second kappa shape index (κ2) is 6.02. The molecule has 1 aliphatic rings. The molecule has 3 rings (SSSR count). The first-order valence-electron chi connectivity index (χ1n) is 7.02. The average Bonchev–Trinajstić information content (AvgIpc) is 2.69. The van der Waals surface area contributed by atoms with E-state index in [0.717, 1.165) is 12.3 Å². The van der Waals surface area contributed by atoms with Crippen LogP contribution in [0.3, 0.4) is 0 Å². The first-order chi connectivity index (χ1) is 10.9. The van der Waals surface area contributed by atoms with Crippen molar-refractivity contribution in [2.24, 2.45) is 0 Å². The third-order valence-corrected chi connectivity index (χ3v) is 3.49. The number of aromatic nitrogens is 2. The second-order valence-corrected chi connectivity index (χ2v) is 5.13. The molecule has 1 aromatic carbocycles. The lowest BCUT2D eigenvalue weighted by molar-refractivity contribution is -0.141. The van der Waals surface area contributed by atoms with Crippen LogP contribution in [-0.2, 0) is 6.18 Å². The second-order valence-electron chi connectivity index (χ2n) is 5.13.